The number of ether oxygens (including phenoxy) is 1. The van der Waals surface area contributed by atoms with Gasteiger partial charge in [0.2, 0.25) is 0 Å². The number of aryl methyl sites for hydroxylation is 1. The molecule has 4 heterocycles. The molecule has 4 N–H and O–H groups in total. The molecule has 2 aromatic carbocycles. The lowest BCUT2D eigenvalue weighted by molar-refractivity contribution is -0.127. The number of anilines is 2. The molecular formula is C22H20FN5O2. The summed E-state index contributed by atoms with van der Waals surface area (Å²) in [6.07, 6.45) is 1.56. The molecule has 4 aromatic rings. The highest BCUT2D eigenvalue weighted by Crippen LogP contribution is 2.43. The Morgan fingerprint density at radius 3 is 2.77 bits per heavy atom. The lowest BCUT2D eigenvalue weighted by Crippen LogP contribution is -2.66. The zero-order chi connectivity index (χ0) is 20.6. The molecule has 0 amide bonds. The van der Waals surface area contributed by atoms with Crippen LogP contribution in [0, 0.1) is 18.2 Å². The van der Waals surface area contributed by atoms with Crippen LogP contribution < -0.4 is 16.2 Å². The largest absolute Gasteiger partial charge is 0.394 e. The highest BCUT2D eigenvalue weighted by atomic mass is 19.1. The number of H-pyrrole nitrogens is 2. The fourth-order valence-electron chi connectivity index (χ4n) is 4.81. The number of nitrogens with zero attached hydrogens (tertiary/aromatic N) is 2. The molecule has 30 heavy (non-hydrogen) atoms. The van der Waals surface area contributed by atoms with E-state index in [1.54, 1.807) is 12.3 Å². The average molecular weight is 405 g/mol. The highest BCUT2D eigenvalue weighted by Gasteiger charge is 2.49. The number of hydrogen-bond donors (Lipinski definition) is 3. The van der Waals surface area contributed by atoms with Crippen molar-refractivity contribution in [3.63, 3.8) is 0 Å². The van der Waals surface area contributed by atoms with Gasteiger partial charge in [-0.15, -0.1) is 0 Å². The van der Waals surface area contributed by atoms with Crippen molar-refractivity contribution in [3.05, 3.63) is 52.2 Å². The topological polar surface area (TPSA) is 100 Å². The molecule has 152 valence electrons. The van der Waals surface area contributed by atoms with Crippen LogP contribution in [0.4, 0.5) is 15.8 Å². The van der Waals surface area contributed by atoms with E-state index in [0.717, 1.165) is 42.9 Å². The zero-order valence-electron chi connectivity index (χ0n) is 16.4. The Hall–Kier alpha value is -3.39. The Morgan fingerprint density at radius 2 is 2.03 bits per heavy atom. The SMILES string of the molecule is Cc1cc2[nH]c(=O)c(N)c(-c3ccc(F)c4[nH]ncc34)c2cc1N1CC2(COC2)C1. The van der Waals surface area contributed by atoms with Crippen LogP contribution in [-0.2, 0) is 4.74 Å². The number of nitrogens with one attached hydrogen (secondary N) is 2. The molecule has 0 atom stereocenters. The van der Waals surface area contributed by atoms with Crippen LogP contribution >= 0.6 is 0 Å². The van der Waals surface area contributed by atoms with Gasteiger partial charge in [0.15, 0.2) is 0 Å². The summed E-state index contributed by atoms with van der Waals surface area (Å²) in [6.45, 7) is 5.58. The van der Waals surface area contributed by atoms with Crippen molar-refractivity contribution in [2.45, 2.75) is 6.92 Å². The van der Waals surface area contributed by atoms with Crippen molar-refractivity contribution >= 4 is 33.2 Å². The van der Waals surface area contributed by atoms with E-state index in [1.165, 1.54) is 6.07 Å². The summed E-state index contributed by atoms with van der Waals surface area (Å²) in [5.41, 5.74) is 10.8. The number of aromatic nitrogens is 3. The molecule has 0 unspecified atom stereocenters. The third-order valence-corrected chi connectivity index (χ3v) is 6.41. The van der Waals surface area contributed by atoms with Crippen molar-refractivity contribution in [2.24, 2.45) is 5.41 Å². The molecule has 2 aliphatic rings. The van der Waals surface area contributed by atoms with E-state index in [-0.39, 0.29) is 16.7 Å². The molecule has 0 radical (unpaired) electrons. The number of halogens is 1. The van der Waals surface area contributed by atoms with E-state index in [0.29, 0.717) is 27.5 Å². The number of nitrogen functional groups attached to an aromatic ring is 1. The molecular weight excluding hydrogens is 385 g/mol. The monoisotopic (exact) mass is 405 g/mol. The first-order valence-electron chi connectivity index (χ1n) is 9.87. The van der Waals surface area contributed by atoms with Crippen LogP contribution in [-0.4, -0.2) is 41.5 Å². The molecule has 2 saturated heterocycles. The predicted molar refractivity (Wildman–Crippen MR) is 114 cm³/mol. The van der Waals surface area contributed by atoms with Crippen molar-refractivity contribution < 1.29 is 9.13 Å². The maximum absolute atomic E-state index is 14.2. The molecule has 0 bridgehead atoms. The smallest absolute Gasteiger partial charge is 0.272 e. The summed E-state index contributed by atoms with van der Waals surface area (Å²) in [6, 6.07) is 7.08. The van der Waals surface area contributed by atoms with Gasteiger partial charge in [0.25, 0.3) is 5.56 Å². The first kappa shape index (κ1) is 17.5. The van der Waals surface area contributed by atoms with Gasteiger partial charge in [-0.2, -0.15) is 5.10 Å². The molecule has 2 fully saturated rings. The maximum atomic E-state index is 14.2. The van der Waals surface area contributed by atoms with Gasteiger partial charge in [-0.1, -0.05) is 6.07 Å². The Kier molecular flexibility index (Phi) is 3.39. The van der Waals surface area contributed by atoms with Gasteiger partial charge in [-0.05, 0) is 36.2 Å². The van der Waals surface area contributed by atoms with Crippen LogP contribution in [0.15, 0.2) is 35.3 Å². The summed E-state index contributed by atoms with van der Waals surface area (Å²) in [4.78, 5) is 17.8. The summed E-state index contributed by atoms with van der Waals surface area (Å²) in [5.74, 6) is -0.399. The van der Waals surface area contributed by atoms with Crippen molar-refractivity contribution in [1.82, 2.24) is 15.2 Å². The van der Waals surface area contributed by atoms with Gasteiger partial charge in [-0.25, -0.2) is 4.39 Å². The minimum absolute atomic E-state index is 0.110. The van der Waals surface area contributed by atoms with Crippen LogP contribution in [0.2, 0.25) is 0 Å². The van der Waals surface area contributed by atoms with E-state index < -0.39 is 5.82 Å². The van der Waals surface area contributed by atoms with Crippen molar-refractivity contribution in [3.8, 4) is 11.1 Å². The Balaban J connectivity index is 1.60. The van der Waals surface area contributed by atoms with Gasteiger partial charge in [0.05, 0.1) is 24.8 Å². The third-order valence-electron chi connectivity index (χ3n) is 6.41. The van der Waals surface area contributed by atoms with Crippen LogP contribution in [0.25, 0.3) is 32.9 Å². The average Bonchev–Trinajstić information content (AvgIpc) is 3.13. The van der Waals surface area contributed by atoms with E-state index in [1.807, 2.05) is 13.0 Å². The standard InChI is InChI=1S/C22H20FN5O2/c1-11-4-16-13(5-17(11)28-7-22(8-28)9-30-10-22)18(19(24)21(29)26-16)12-2-3-15(23)20-14(12)6-25-27-20/h2-6H,7-10,24H2,1H3,(H,25,27)(H,26,29). The van der Waals surface area contributed by atoms with Gasteiger partial charge in [0, 0.05) is 40.6 Å². The second-order valence-corrected chi connectivity index (χ2v) is 8.53. The number of aromatic amines is 2. The molecule has 7 nitrogen and oxygen atoms in total. The molecule has 1 spiro atoms. The highest BCUT2D eigenvalue weighted by molar-refractivity contribution is 6.08. The fraction of sp³-hybridized carbons (Fsp3) is 0.273. The van der Waals surface area contributed by atoms with Crippen molar-refractivity contribution in [1.29, 1.82) is 0 Å². The molecule has 8 heteroatoms. The normalized spacial score (nSPS) is 17.5. The lowest BCUT2D eigenvalue weighted by Gasteiger charge is -2.56. The number of fused-ring (bicyclic) bond motifs is 2. The minimum Gasteiger partial charge on any atom is -0.394 e. The molecule has 2 aromatic heterocycles. The molecule has 0 saturated carbocycles. The summed E-state index contributed by atoms with van der Waals surface area (Å²) >= 11 is 0. The number of benzene rings is 2. The van der Waals surface area contributed by atoms with Gasteiger partial charge >= 0.3 is 0 Å². The van der Waals surface area contributed by atoms with Crippen LogP contribution in [0.3, 0.4) is 0 Å². The first-order chi connectivity index (χ1) is 14.5. The molecule has 6 rings (SSSR count). The summed E-state index contributed by atoms with van der Waals surface area (Å²) < 4.78 is 19.6. The molecule has 2 aliphatic heterocycles. The van der Waals surface area contributed by atoms with Crippen LogP contribution in [0.5, 0.6) is 0 Å². The number of pyridine rings is 1. The summed E-state index contributed by atoms with van der Waals surface area (Å²) in [5, 5.41) is 8.08. The first-order valence-corrected chi connectivity index (χ1v) is 9.87. The van der Waals surface area contributed by atoms with Gasteiger partial charge in [-0.3, -0.25) is 9.89 Å². The van der Waals surface area contributed by atoms with E-state index in [4.69, 9.17) is 10.5 Å². The van der Waals surface area contributed by atoms with Crippen LogP contribution in [0.1, 0.15) is 5.56 Å². The van der Waals surface area contributed by atoms with E-state index in [9.17, 15) is 9.18 Å². The van der Waals surface area contributed by atoms with E-state index in [2.05, 4.69) is 26.1 Å². The number of hydrogen-bond acceptors (Lipinski definition) is 5. The number of nitrogens with two attached hydrogens (primary N) is 1. The Bertz CT molecular complexity index is 1390. The zero-order valence-corrected chi connectivity index (χ0v) is 16.4. The minimum atomic E-state index is -0.399. The van der Waals surface area contributed by atoms with Gasteiger partial charge in [0.1, 0.15) is 17.0 Å². The Morgan fingerprint density at radius 1 is 1.23 bits per heavy atom. The summed E-state index contributed by atoms with van der Waals surface area (Å²) in [7, 11) is 0. The second kappa shape index (κ2) is 5.82. The van der Waals surface area contributed by atoms with Crippen molar-refractivity contribution in [2.75, 3.05) is 36.9 Å². The lowest BCUT2D eigenvalue weighted by atomic mass is 9.77. The second-order valence-electron chi connectivity index (χ2n) is 8.53. The predicted octanol–water partition coefficient (Wildman–Crippen LogP) is 2.94. The number of rotatable bonds is 2. The van der Waals surface area contributed by atoms with E-state index >= 15 is 0 Å². The Labute approximate surface area is 170 Å². The fourth-order valence-corrected chi connectivity index (χ4v) is 4.81. The quantitative estimate of drug-likeness (QED) is 0.476. The van der Waals surface area contributed by atoms with Gasteiger partial charge < -0.3 is 20.4 Å². The third kappa shape index (κ3) is 2.28. The molecule has 0 aliphatic carbocycles. The maximum Gasteiger partial charge on any atom is 0.272 e.